The highest BCUT2D eigenvalue weighted by molar-refractivity contribution is 8.00. The molecular formula is C10H9ClN2OS2. The van der Waals surface area contributed by atoms with Crippen LogP contribution in [0.4, 0.5) is 5.69 Å². The number of aromatic nitrogens is 1. The van der Waals surface area contributed by atoms with E-state index < -0.39 is 0 Å². The fourth-order valence-electron chi connectivity index (χ4n) is 1.26. The van der Waals surface area contributed by atoms with Crippen LogP contribution in [0.3, 0.4) is 0 Å². The summed E-state index contributed by atoms with van der Waals surface area (Å²) < 4.78 is 2.09. The molecule has 0 aliphatic heterocycles. The predicted molar refractivity (Wildman–Crippen MR) is 70.8 cm³/mol. The molecule has 0 bridgehead atoms. The summed E-state index contributed by atoms with van der Waals surface area (Å²) in [5, 5.41) is 2.71. The highest BCUT2D eigenvalue weighted by atomic mass is 35.5. The molecule has 1 aromatic heterocycles. The van der Waals surface area contributed by atoms with Gasteiger partial charge in [0.15, 0.2) is 4.34 Å². The zero-order valence-corrected chi connectivity index (χ0v) is 10.9. The van der Waals surface area contributed by atoms with E-state index in [9.17, 15) is 4.79 Å². The van der Waals surface area contributed by atoms with Crippen LogP contribution in [-0.4, -0.2) is 23.0 Å². The molecular weight excluding hydrogens is 264 g/mol. The number of anilines is 1. The van der Waals surface area contributed by atoms with Gasteiger partial charge in [-0.3, -0.25) is 4.79 Å². The number of carbonyl (C=O) groups is 1. The summed E-state index contributed by atoms with van der Waals surface area (Å²) in [4.78, 5) is 15.5. The molecule has 0 aliphatic rings. The monoisotopic (exact) mass is 272 g/mol. The lowest BCUT2D eigenvalue weighted by molar-refractivity contribution is -0.113. The van der Waals surface area contributed by atoms with Gasteiger partial charge in [-0.15, -0.1) is 22.9 Å². The number of hydrogen-bond acceptors (Lipinski definition) is 4. The van der Waals surface area contributed by atoms with E-state index in [1.807, 2.05) is 24.5 Å². The smallest absolute Gasteiger partial charge is 0.239 e. The molecule has 1 aromatic carbocycles. The molecule has 3 nitrogen and oxygen atoms in total. The minimum absolute atomic E-state index is 0.0310. The zero-order chi connectivity index (χ0) is 11.5. The van der Waals surface area contributed by atoms with Gasteiger partial charge in [0.25, 0.3) is 0 Å². The Hall–Kier alpha value is -0.780. The Morgan fingerprint density at radius 2 is 2.44 bits per heavy atom. The SMILES string of the molecule is CSc1nc2ccc(NC(=O)CCl)cc2s1. The minimum atomic E-state index is -0.198. The van der Waals surface area contributed by atoms with E-state index in [1.54, 1.807) is 23.1 Å². The van der Waals surface area contributed by atoms with Crippen LogP contribution in [0, 0.1) is 0 Å². The van der Waals surface area contributed by atoms with Crippen molar-refractivity contribution >= 4 is 56.5 Å². The van der Waals surface area contributed by atoms with Crippen molar-refractivity contribution in [1.29, 1.82) is 0 Å². The molecule has 0 unspecified atom stereocenters. The van der Waals surface area contributed by atoms with Gasteiger partial charge in [-0.05, 0) is 24.5 Å². The second-order valence-electron chi connectivity index (χ2n) is 3.05. The first kappa shape index (κ1) is 11.7. The van der Waals surface area contributed by atoms with Gasteiger partial charge >= 0.3 is 0 Å². The molecule has 0 saturated heterocycles. The average molecular weight is 273 g/mol. The molecule has 2 aromatic rings. The van der Waals surface area contributed by atoms with Crippen molar-refractivity contribution in [2.24, 2.45) is 0 Å². The van der Waals surface area contributed by atoms with Gasteiger partial charge in [0.1, 0.15) is 5.88 Å². The fourth-order valence-corrected chi connectivity index (χ4v) is 2.86. The average Bonchev–Trinajstić information content (AvgIpc) is 2.71. The van der Waals surface area contributed by atoms with Crippen molar-refractivity contribution in [2.45, 2.75) is 4.34 Å². The number of rotatable bonds is 3. The molecule has 84 valence electrons. The Balaban J connectivity index is 2.32. The Bertz CT molecular complexity index is 527. The summed E-state index contributed by atoms with van der Waals surface area (Å²) in [5.41, 5.74) is 1.72. The fraction of sp³-hybridized carbons (Fsp3) is 0.200. The van der Waals surface area contributed by atoms with Gasteiger partial charge in [0.2, 0.25) is 5.91 Å². The number of carbonyl (C=O) groups excluding carboxylic acids is 1. The molecule has 0 radical (unpaired) electrons. The molecule has 2 rings (SSSR count). The van der Waals surface area contributed by atoms with Crippen LogP contribution in [0.5, 0.6) is 0 Å². The van der Waals surface area contributed by atoms with E-state index in [2.05, 4.69) is 10.3 Å². The maximum atomic E-state index is 11.1. The van der Waals surface area contributed by atoms with E-state index in [1.165, 1.54) is 0 Å². The van der Waals surface area contributed by atoms with Crippen molar-refractivity contribution in [2.75, 3.05) is 17.5 Å². The molecule has 16 heavy (non-hydrogen) atoms. The second kappa shape index (κ2) is 5.03. The summed E-state index contributed by atoms with van der Waals surface area (Å²) in [5.74, 6) is -0.229. The van der Waals surface area contributed by atoms with Crippen LogP contribution in [0.2, 0.25) is 0 Å². The second-order valence-corrected chi connectivity index (χ2v) is 5.40. The molecule has 1 heterocycles. The van der Waals surface area contributed by atoms with E-state index in [0.29, 0.717) is 0 Å². The number of hydrogen-bond donors (Lipinski definition) is 1. The van der Waals surface area contributed by atoms with Gasteiger partial charge in [-0.2, -0.15) is 0 Å². The first-order chi connectivity index (χ1) is 7.72. The Morgan fingerprint density at radius 1 is 1.62 bits per heavy atom. The first-order valence-electron chi connectivity index (χ1n) is 4.53. The van der Waals surface area contributed by atoms with Crippen LogP contribution in [0.15, 0.2) is 22.5 Å². The van der Waals surface area contributed by atoms with Crippen molar-refractivity contribution in [1.82, 2.24) is 4.98 Å². The lowest BCUT2D eigenvalue weighted by atomic mass is 10.3. The van der Waals surface area contributed by atoms with Crippen LogP contribution in [0.25, 0.3) is 10.2 Å². The van der Waals surface area contributed by atoms with Crippen LogP contribution < -0.4 is 5.32 Å². The number of thioether (sulfide) groups is 1. The quantitative estimate of drug-likeness (QED) is 0.689. The number of alkyl halides is 1. The molecule has 1 amide bonds. The van der Waals surface area contributed by atoms with Crippen molar-refractivity contribution in [3.8, 4) is 0 Å². The van der Waals surface area contributed by atoms with Crippen LogP contribution in [0.1, 0.15) is 0 Å². The lowest BCUT2D eigenvalue weighted by Crippen LogP contribution is -2.12. The lowest BCUT2D eigenvalue weighted by Gasteiger charge is -2.01. The number of amides is 1. The molecule has 0 saturated carbocycles. The summed E-state index contributed by atoms with van der Waals surface area (Å²) in [6.45, 7) is 0. The Kier molecular flexibility index (Phi) is 3.68. The first-order valence-corrected chi connectivity index (χ1v) is 7.11. The number of fused-ring (bicyclic) bond motifs is 1. The largest absolute Gasteiger partial charge is 0.325 e. The summed E-state index contributed by atoms with van der Waals surface area (Å²) in [7, 11) is 0. The molecule has 0 spiro atoms. The third kappa shape index (κ3) is 2.48. The molecule has 1 N–H and O–H groups in total. The topological polar surface area (TPSA) is 42.0 Å². The minimum Gasteiger partial charge on any atom is -0.325 e. The third-order valence-electron chi connectivity index (χ3n) is 1.95. The zero-order valence-electron chi connectivity index (χ0n) is 8.49. The highest BCUT2D eigenvalue weighted by Crippen LogP contribution is 2.29. The molecule has 0 aliphatic carbocycles. The summed E-state index contributed by atoms with van der Waals surface area (Å²) in [6.07, 6.45) is 1.99. The van der Waals surface area contributed by atoms with E-state index in [-0.39, 0.29) is 11.8 Å². The number of nitrogens with zero attached hydrogens (tertiary/aromatic N) is 1. The van der Waals surface area contributed by atoms with Crippen LogP contribution in [-0.2, 0) is 4.79 Å². The van der Waals surface area contributed by atoms with Gasteiger partial charge in [0, 0.05) is 5.69 Å². The van der Waals surface area contributed by atoms with Gasteiger partial charge < -0.3 is 5.32 Å². The van der Waals surface area contributed by atoms with Gasteiger partial charge in [-0.1, -0.05) is 11.8 Å². The standard InChI is InChI=1S/C10H9ClN2OS2/c1-15-10-13-7-3-2-6(4-8(7)16-10)12-9(14)5-11/h2-4H,5H2,1H3,(H,12,14). The van der Waals surface area contributed by atoms with Gasteiger partial charge in [-0.25, -0.2) is 4.98 Å². The Labute approximate surface area is 106 Å². The summed E-state index contributed by atoms with van der Waals surface area (Å²) in [6, 6.07) is 5.64. The number of thiazole rings is 1. The molecule has 0 fully saturated rings. The van der Waals surface area contributed by atoms with E-state index >= 15 is 0 Å². The number of halogens is 1. The predicted octanol–water partition coefficient (Wildman–Crippen LogP) is 3.20. The van der Waals surface area contributed by atoms with Crippen LogP contribution >= 0.6 is 34.7 Å². The van der Waals surface area contributed by atoms with Crippen molar-refractivity contribution < 1.29 is 4.79 Å². The third-order valence-corrected chi connectivity index (χ3v) is 4.19. The van der Waals surface area contributed by atoms with Crippen molar-refractivity contribution in [3.05, 3.63) is 18.2 Å². The summed E-state index contributed by atoms with van der Waals surface area (Å²) >= 11 is 8.65. The Morgan fingerprint density at radius 3 is 3.12 bits per heavy atom. The maximum absolute atomic E-state index is 11.1. The normalized spacial score (nSPS) is 10.6. The highest BCUT2D eigenvalue weighted by Gasteiger charge is 2.05. The number of nitrogens with one attached hydrogen (secondary N) is 1. The molecule has 0 atom stereocenters. The van der Waals surface area contributed by atoms with Gasteiger partial charge in [0.05, 0.1) is 10.2 Å². The number of benzene rings is 1. The maximum Gasteiger partial charge on any atom is 0.239 e. The van der Waals surface area contributed by atoms with E-state index in [4.69, 9.17) is 11.6 Å². The van der Waals surface area contributed by atoms with Crippen molar-refractivity contribution in [3.63, 3.8) is 0 Å². The van der Waals surface area contributed by atoms with E-state index in [0.717, 1.165) is 20.2 Å². The molecule has 6 heteroatoms.